The Morgan fingerprint density at radius 2 is 1.53 bits per heavy atom. The first-order chi connectivity index (χ1) is 14.5. The first-order valence-corrected chi connectivity index (χ1v) is 9.68. The topological polar surface area (TPSA) is 86.3 Å². The normalized spacial score (nSPS) is 14.0. The quantitative estimate of drug-likeness (QED) is 0.782. The van der Waals surface area contributed by atoms with Crippen LogP contribution in [0.15, 0.2) is 42.5 Å². The predicted octanol–water partition coefficient (Wildman–Crippen LogP) is 3.11. The molecule has 0 aliphatic carbocycles. The van der Waals surface area contributed by atoms with Gasteiger partial charge in [-0.25, -0.2) is 4.79 Å². The van der Waals surface area contributed by atoms with Crippen LogP contribution in [0.25, 0.3) is 0 Å². The van der Waals surface area contributed by atoms with E-state index in [9.17, 15) is 9.59 Å². The zero-order chi connectivity index (χ0) is 21.5. The summed E-state index contributed by atoms with van der Waals surface area (Å²) in [7, 11) is 4.54. The van der Waals surface area contributed by atoms with Gasteiger partial charge in [0, 0.05) is 24.7 Å². The van der Waals surface area contributed by atoms with Crippen LogP contribution in [0.3, 0.4) is 0 Å². The highest BCUT2D eigenvalue weighted by molar-refractivity contribution is 5.95. The van der Waals surface area contributed by atoms with Gasteiger partial charge in [0.25, 0.3) is 5.91 Å². The Morgan fingerprint density at radius 3 is 2.07 bits per heavy atom. The Kier molecular flexibility index (Phi) is 7.00. The van der Waals surface area contributed by atoms with Crippen molar-refractivity contribution in [1.82, 2.24) is 10.2 Å². The molecule has 2 aromatic rings. The number of carbonyl (C=O) groups is 2. The summed E-state index contributed by atoms with van der Waals surface area (Å²) >= 11 is 0. The van der Waals surface area contributed by atoms with Gasteiger partial charge in [0.15, 0.2) is 11.5 Å². The molecule has 1 heterocycles. The summed E-state index contributed by atoms with van der Waals surface area (Å²) in [6.07, 6.45) is 0.788. The number of hydrogen-bond acceptors (Lipinski definition) is 6. The average Bonchev–Trinajstić information content (AvgIpc) is 2.78. The first-order valence-electron chi connectivity index (χ1n) is 9.68. The molecule has 2 aromatic carbocycles. The minimum Gasteiger partial charge on any atom is -0.493 e. The molecular weight excluding hydrogens is 388 g/mol. The number of amides is 2. The first kappa shape index (κ1) is 21.3. The van der Waals surface area contributed by atoms with Crippen LogP contribution >= 0.6 is 0 Å². The van der Waals surface area contributed by atoms with Crippen LogP contribution in [0.2, 0.25) is 0 Å². The number of para-hydroxylation sites is 1. The molecule has 1 N–H and O–H groups in total. The van der Waals surface area contributed by atoms with Gasteiger partial charge in [-0.3, -0.25) is 4.79 Å². The minimum absolute atomic E-state index is 0.0507. The summed E-state index contributed by atoms with van der Waals surface area (Å²) < 4.78 is 21.2. The largest absolute Gasteiger partial charge is 0.493 e. The number of benzene rings is 2. The number of ether oxygens (including phenoxy) is 4. The number of likely N-dealkylation sites (tertiary alicyclic amines) is 1. The van der Waals surface area contributed by atoms with Crippen molar-refractivity contribution >= 4 is 12.0 Å². The summed E-state index contributed by atoms with van der Waals surface area (Å²) in [5.74, 6) is 1.67. The van der Waals surface area contributed by atoms with Crippen molar-refractivity contribution in [2.24, 2.45) is 0 Å². The lowest BCUT2D eigenvalue weighted by Gasteiger charge is -2.32. The monoisotopic (exact) mass is 414 g/mol. The molecule has 30 heavy (non-hydrogen) atoms. The molecule has 1 saturated heterocycles. The van der Waals surface area contributed by atoms with Crippen molar-refractivity contribution in [1.29, 1.82) is 0 Å². The van der Waals surface area contributed by atoms with Crippen LogP contribution in [0, 0.1) is 0 Å². The van der Waals surface area contributed by atoms with Crippen molar-refractivity contribution in [2.75, 3.05) is 34.4 Å². The second-order valence-electron chi connectivity index (χ2n) is 6.83. The maximum Gasteiger partial charge on any atom is 0.412 e. The van der Waals surface area contributed by atoms with Crippen LogP contribution < -0.4 is 24.3 Å². The maximum atomic E-state index is 13.0. The number of nitrogens with one attached hydrogen (secondary N) is 1. The Balaban J connectivity index is 1.58. The van der Waals surface area contributed by atoms with E-state index in [1.54, 1.807) is 41.3 Å². The number of carbonyl (C=O) groups excluding carboxylic acids is 2. The summed E-state index contributed by atoms with van der Waals surface area (Å²) in [4.78, 5) is 26.8. The van der Waals surface area contributed by atoms with Gasteiger partial charge in [0.1, 0.15) is 5.75 Å². The van der Waals surface area contributed by atoms with Crippen molar-refractivity contribution in [3.63, 3.8) is 0 Å². The van der Waals surface area contributed by atoms with Gasteiger partial charge in [-0.2, -0.15) is 0 Å². The molecule has 0 bridgehead atoms. The van der Waals surface area contributed by atoms with Gasteiger partial charge in [-0.15, -0.1) is 0 Å². The fourth-order valence-corrected chi connectivity index (χ4v) is 3.41. The molecule has 2 amide bonds. The molecule has 8 heteroatoms. The average molecular weight is 414 g/mol. The number of methoxy groups -OCH3 is 3. The lowest BCUT2D eigenvalue weighted by atomic mass is 10.0. The standard InChI is InChI=1S/C22H26N2O6/c1-27-18-13-15(14-19(28-2)20(18)29-3)21(25)24-11-9-16(10-12-24)23-22(26)30-17-7-5-4-6-8-17/h4-8,13-14,16H,9-12H2,1-3H3,(H,23,26). The zero-order valence-electron chi connectivity index (χ0n) is 17.3. The molecule has 8 nitrogen and oxygen atoms in total. The van der Waals surface area contributed by atoms with E-state index < -0.39 is 6.09 Å². The molecule has 1 aliphatic heterocycles. The van der Waals surface area contributed by atoms with Gasteiger partial charge in [0.05, 0.1) is 21.3 Å². The molecule has 160 valence electrons. The molecule has 0 aromatic heterocycles. The highest BCUT2D eigenvalue weighted by atomic mass is 16.6. The lowest BCUT2D eigenvalue weighted by molar-refractivity contribution is 0.0705. The van der Waals surface area contributed by atoms with E-state index in [0.29, 0.717) is 54.5 Å². The molecule has 0 unspecified atom stereocenters. The third-order valence-corrected chi connectivity index (χ3v) is 4.97. The fraction of sp³-hybridized carbons (Fsp3) is 0.364. The van der Waals surface area contributed by atoms with E-state index >= 15 is 0 Å². The Bertz CT molecular complexity index is 853. The second-order valence-corrected chi connectivity index (χ2v) is 6.83. The third kappa shape index (κ3) is 4.94. The number of piperidine rings is 1. The number of rotatable bonds is 6. The summed E-state index contributed by atoms with van der Waals surface area (Å²) in [6, 6.07) is 12.1. The van der Waals surface area contributed by atoms with E-state index in [-0.39, 0.29) is 11.9 Å². The van der Waals surface area contributed by atoms with Gasteiger partial charge in [-0.05, 0) is 37.1 Å². The Hall–Kier alpha value is -3.42. The molecule has 0 atom stereocenters. The van der Waals surface area contributed by atoms with Crippen molar-refractivity contribution in [3.8, 4) is 23.0 Å². The van der Waals surface area contributed by atoms with Crippen LogP contribution in [-0.2, 0) is 0 Å². The number of nitrogens with zero attached hydrogens (tertiary/aromatic N) is 1. The van der Waals surface area contributed by atoms with E-state index in [1.165, 1.54) is 21.3 Å². The van der Waals surface area contributed by atoms with Crippen molar-refractivity contribution in [3.05, 3.63) is 48.0 Å². The minimum atomic E-state index is -0.490. The van der Waals surface area contributed by atoms with Crippen LogP contribution in [0.5, 0.6) is 23.0 Å². The summed E-state index contributed by atoms with van der Waals surface area (Å²) in [6.45, 7) is 1.04. The smallest absolute Gasteiger partial charge is 0.412 e. The number of hydrogen-bond donors (Lipinski definition) is 1. The van der Waals surface area contributed by atoms with Crippen molar-refractivity contribution in [2.45, 2.75) is 18.9 Å². The fourth-order valence-electron chi connectivity index (χ4n) is 3.41. The third-order valence-electron chi connectivity index (χ3n) is 4.97. The van der Waals surface area contributed by atoms with Gasteiger partial charge < -0.3 is 29.2 Å². The van der Waals surface area contributed by atoms with Gasteiger partial charge in [-0.1, -0.05) is 18.2 Å². The maximum absolute atomic E-state index is 13.0. The molecule has 0 spiro atoms. The Morgan fingerprint density at radius 1 is 0.933 bits per heavy atom. The molecule has 1 aliphatic rings. The van der Waals surface area contributed by atoms with Crippen LogP contribution in [0.1, 0.15) is 23.2 Å². The van der Waals surface area contributed by atoms with Crippen LogP contribution in [0.4, 0.5) is 4.79 Å². The summed E-state index contributed by atoms with van der Waals surface area (Å²) in [5.41, 5.74) is 0.458. The highest BCUT2D eigenvalue weighted by Gasteiger charge is 2.26. The zero-order valence-corrected chi connectivity index (χ0v) is 17.3. The molecule has 3 rings (SSSR count). The predicted molar refractivity (Wildman–Crippen MR) is 111 cm³/mol. The van der Waals surface area contributed by atoms with E-state index in [4.69, 9.17) is 18.9 Å². The molecule has 1 fully saturated rings. The van der Waals surface area contributed by atoms with E-state index in [2.05, 4.69) is 5.32 Å². The second kappa shape index (κ2) is 9.87. The molecular formula is C22H26N2O6. The Labute approximate surface area is 175 Å². The van der Waals surface area contributed by atoms with Gasteiger partial charge >= 0.3 is 6.09 Å². The lowest BCUT2D eigenvalue weighted by Crippen LogP contribution is -2.47. The molecule has 0 radical (unpaired) electrons. The van der Waals surface area contributed by atoms with Crippen LogP contribution in [-0.4, -0.2) is 57.4 Å². The van der Waals surface area contributed by atoms with E-state index in [1.807, 2.05) is 6.07 Å². The van der Waals surface area contributed by atoms with Crippen molar-refractivity contribution < 1.29 is 28.5 Å². The molecule has 0 saturated carbocycles. The highest BCUT2D eigenvalue weighted by Crippen LogP contribution is 2.38. The van der Waals surface area contributed by atoms with E-state index in [0.717, 1.165) is 0 Å². The SMILES string of the molecule is COc1cc(C(=O)N2CCC(NC(=O)Oc3ccccc3)CC2)cc(OC)c1OC. The summed E-state index contributed by atoms with van der Waals surface area (Å²) in [5, 5.41) is 2.86. The van der Waals surface area contributed by atoms with Gasteiger partial charge in [0.2, 0.25) is 5.75 Å².